The lowest BCUT2D eigenvalue weighted by Crippen LogP contribution is -2.46. The zero-order valence-electron chi connectivity index (χ0n) is 38.3. The first-order valence-corrected chi connectivity index (χ1v) is 20.3. The lowest BCUT2D eigenvalue weighted by molar-refractivity contribution is -0.141. The van der Waals surface area contributed by atoms with Crippen molar-refractivity contribution in [3.8, 4) is 0 Å². The highest BCUT2D eigenvalue weighted by Gasteiger charge is 2.25. The number of ether oxygens (including phenoxy) is 4. The summed E-state index contributed by atoms with van der Waals surface area (Å²) in [6.45, 7) is 27.5. The van der Waals surface area contributed by atoms with Gasteiger partial charge in [0.25, 0.3) is 0 Å². The van der Waals surface area contributed by atoms with Gasteiger partial charge in [-0.3, -0.25) is 0 Å². The van der Waals surface area contributed by atoms with Crippen molar-refractivity contribution in [2.45, 2.75) is 179 Å². The van der Waals surface area contributed by atoms with E-state index >= 15 is 0 Å². The number of rotatable bonds is 24. The lowest BCUT2D eigenvalue weighted by atomic mass is 10.1. The molecule has 0 aromatic carbocycles. The summed E-state index contributed by atoms with van der Waals surface area (Å²) in [7, 11) is 0. The number of allylic oxidation sites excluding steroid dienone is 10. The number of hydrogen-bond donors (Lipinski definition) is 4. The summed E-state index contributed by atoms with van der Waals surface area (Å²) >= 11 is 0. The first kappa shape index (κ1) is 59.2. The summed E-state index contributed by atoms with van der Waals surface area (Å²) in [6, 6.07) is -2.30. The van der Waals surface area contributed by atoms with E-state index in [9.17, 15) is 29.4 Å². The van der Waals surface area contributed by atoms with Gasteiger partial charge in [0.05, 0.1) is 26.4 Å². The Labute approximate surface area is 357 Å². The van der Waals surface area contributed by atoms with Crippen LogP contribution in [-0.2, 0) is 28.5 Å². The monoisotopic (exact) mass is 835 g/mol. The predicted molar refractivity (Wildman–Crippen MR) is 241 cm³/mol. The number of alkyl carbamates (subject to hydrolysis) is 2. The fourth-order valence-corrected chi connectivity index (χ4v) is 4.70. The Balaban J connectivity index is -0.00000105. The topological polar surface area (TPSA) is 170 Å². The van der Waals surface area contributed by atoms with Crippen LogP contribution in [0.1, 0.15) is 156 Å². The molecular weight excluding hydrogens is 753 g/mol. The summed E-state index contributed by atoms with van der Waals surface area (Å²) in [5.41, 5.74) is 6.48. The molecule has 2 amide bonds. The summed E-state index contributed by atoms with van der Waals surface area (Å²) < 4.78 is 21.0. The molecule has 0 aromatic rings. The Morgan fingerprint density at radius 2 is 0.763 bits per heavy atom. The third kappa shape index (κ3) is 40.4. The van der Waals surface area contributed by atoms with Gasteiger partial charge >= 0.3 is 24.1 Å². The van der Waals surface area contributed by atoms with Gasteiger partial charge in [-0.05, 0) is 148 Å². The highest BCUT2D eigenvalue weighted by atomic mass is 16.6. The summed E-state index contributed by atoms with van der Waals surface area (Å²) in [4.78, 5) is 46.0. The second-order valence-electron chi connectivity index (χ2n) is 17.1. The maximum absolute atomic E-state index is 11.7. The van der Waals surface area contributed by atoms with Crippen LogP contribution in [0.15, 0.2) is 69.9 Å². The van der Waals surface area contributed by atoms with E-state index in [2.05, 4.69) is 76.5 Å². The molecule has 0 spiro atoms. The van der Waals surface area contributed by atoms with Crippen molar-refractivity contribution in [2.75, 3.05) is 26.4 Å². The molecule has 0 aliphatic carbocycles. The van der Waals surface area contributed by atoms with E-state index < -0.39 is 47.4 Å². The average Bonchev–Trinajstić information content (AvgIpc) is 3.05. The maximum Gasteiger partial charge on any atom is 0.408 e. The molecule has 0 unspecified atom stereocenters. The normalized spacial score (nSPS) is 13.4. The number of amides is 2. The van der Waals surface area contributed by atoms with E-state index in [1.807, 2.05) is 26.0 Å². The van der Waals surface area contributed by atoms with Gasteiger partial charge in [-0.2, -0.15) is 0 Å². The van der Waals surface area contributed by atoms with Crippen LogP contribution in [0.25, 0.3) is 0 Å². The number of hydrogen-bond acceptors (Lipinski definition) is 8. The van der Waals surface area contributed by atoms with Crippen LogP contribution < -0.4 is 10.6 Å². The van der Waals surface area contributed by atoms with Crippen molar-refractivity contribution in [1.82, 2.24) is 10.6 Å². The number of carboxylic acid groups (broad SMARTS) is 2. The summed E-state index contributed by atoms with van der Waals surface area (Å²) in [5.74, 6) is -2.32. The van der Waals surface area contributed by atoms with E-state index in [1.165, 1.54) is 33.4 Å². The van der Waals surface area contributed by atoms with Crippen molar-refractivity contribution in [3.05, 3.63) is 69.9 Å². The molecule has 0 aliphatic rings. The van der Waals surface area contributed by atoms with E-state index in [0.717, 1.165) is 51.4 Å². The quantitative estimate of drug-likeness (QED) is 0.0542. The molecule has 2 atom stereocenters. The molecular formula is C47H82N2O10. The SMILES string of the molecule is C.CC(C)=CCC/C(C)=C/CC/C(C)=C/COC[C@@H](NC(=O)OC(C)(C)C)C(=O)O.CC(C)=CCC/C(C)=C/CC/C(C)=C/COC[C@H](NC(=O)OC(C)(C)C)C(=O)O. The van der Waals surface area contributed by atoms with Gasteiger partial charge in [0, 0.05) is 0 Å². The van der Waals surface area contributed by atoms with Gasteiger partial charge in [0.15, 0.2) is 12.1 Å². The van der Waals surface area contributed by atoms with Crippen molar-refractivity contribution < 1.29 is 48.3 Å². The van der Waals surface area contributed by atoms with E-state index in [-0.39, 0.29) is 20.6 Å². The predicted octanol–water partition coefficient (Wildman–Crippen LogP) is 11.4. The van der Waals surface area contributed by atoms with Crippen molar-refractivity contribution in [3.63, 3.8) is 0 Å². The van der Waals surface area contributed by atoms with E-state index in [0.29, 0.717) is 13.2 Å². The Morgan fingerprint density at radius 3 is 1.02 bits per heavy atom. The van der Waals surface area contributed by atoms with Crippen LogP contribution in [0.2, 0.25) is 0 Å². The molecule has 0 radical (unpaired) electrons. The van der Waals surface area contributed by atoms with Crippen molar-refractivity contribution >= 4 is 24.1 Å². The van der Waals surface area contributed by atoms with E-state index in [1.54, 1.807) is 41.5 Å². The third-order valence-electron chi connectivity index (χ3n) is 7.89. The van der Waals surface area contributed by atoms with Gasteiger partial charge < -0.3 is 39.8 Å². The van der Waals surface area contributed by atoms with Crippen LogP contribution in [0.5, 0.6) is 0 Å². The molecule has 0 bridgehead atoms. The standard InChI is InChI=1S/2C23H39NO5.CH4/c2*1-17(2)10-8-11-18(3)12-9-13-19(4)14-15-28-16-20(21(25)26)24-22(27)29-23(5,6)7;/h2*10,12,14,20H,8-9,11,13,15-16H2,1-7H3,(H,24,27)(H,25,26);1H4/b2*18-12+,19-14+;/t2*20-;/m10./s1. The number of carboxylic acids is 2. The maximum atomic E-state index is 11.7. The van der Waals surface area contributed by atoms with Crippen LogP contribution in [-0.4, -0.2) is 84.1 Å². The minimum absolute atomic E-state index is 0. The molecule has 0 fully saturated rings. The number of carbonyl (C=O) groups excluding carboxylic acids is 2. The zero-order chi connectivity index (χ0) is 44.9. The molecule has 0 rings (SSSR count). The molecule has 12 nitrogen and oxygen atoms in total. The molecule has 4 N–H and O–H groups in total. The first-order chi connectivity index (χ1) is 26.8. The number of nitrogens with one attached hydrogen (secondary N) is 2. The Kier molecular flexibility index (Phi) is 32.7. The van der Waals surface area contributed by atoms with Crippen molar-refractivity contribution in [1.29, 1.82) is 0 Å². The smallest absolute Gasteiger partial charge is 0.408 e. The minimum atomic E-state index is -1.16. The molecule has 0 saturated heterocycles. The van der Waals surface area contributed by atoms with Gasteiger partial charge in [0.2, 0.25) is 0 Å². The Hall–Kier alpha value is -4.16. The summed E-state index contributed by atoms with van der Waals surface area (Å²) in [5, 5.41) is 23.1. The largest absolute Gasteiger partial charge is 0.480 e. The molecule has 0 saturated carbocycles. The van der Waals surface area contributed by atoms with Crippen molar-refractivity contribution in [2.24, 2.45) is 0 Å². The molecule has 59 heavy (non-hydrogen) atoms. The molecule has 0 heterocycles. The van der Waals surface area contributed by atoms with Gasteiger partial charge in [0.1, 0.15) is 11.2 Å². The summed E-state index contributed by atoms with van der Waals surface area (Å²) in [6.07, 6.45) is 19.5. The average molecular weight is 835 g/mol. The third-order valence-corrected chi connectivity index (χ3v) is 7.89. The van der Waals surface area contributed by atoms with Crippen LogP contribution >= 0.6 is 0 Å². The molecule has 0 aliphatic heterocycles. The van der Waals surface area contributed by atoms with Gasteiger partial charge in [-0.1, -0.05) is 77.3 Å². The highest BCUT2D eigenvalue weighted by molar-refractivity contribution is 5.80. The van der Waals surface area contributed by atoms with E-state index in [4.69, 9.17) is 18.9 Å². The number of aliphatic carboxylic acids is 2. The minimum Gasteiger partial charge on any atom is -0.480 e. The fourth-order valence-electron chi connectivity index (χ4n) is 4.70. The lowest BCUT2D eigenvalue weighted by Gasteiger charge is -2.21. The molecule has 340 valence electrons. The molecule has 12 heteroatoms. The Morgan fingerprint density at radius 1 is 0.492 bits per heavy atom. The highest BCUT2D eigenvalue weighted by Crippen LogP contribution is 2.13. The second-order valence-corrected chi connectivity index (χ2v) is 17.1. The van der Waals surface area contributed by atoms with Crippen LogP contribution in [0.4, 0.5) is 9.59 Å². The zero-order valence-corrected chi connectivity index (χ0v) is 38.3. The van der Waals surface area contributed by atoms with Crippen LogP contribution in [0.3, 0.4) is 0 Å². The number of carbonyl (C=O) groups is 4. The van der Waals surface area contributed by atoms with Gasteiger partial charge in [-0.15, -0.1) is 0 Å². The first-order valence-electron chi connectivity index (χ1n) is 20.3. The molecule has 0 aromatic heterocycles. The second kappa shape index (κ2) is 32.7. The fraction of sp³-hybridized carbons (Fsp3) is 0.660. The van der Waals surface area contributed by atoms with Crippen LogP contribution in [0, 0.1) is 0 Å². The van der Waals surface area contributed by atoms with Gasteiger partial charge in [-0.25, -0.2) is 19.2 Å². The Bertz CT molecular complexity index is 1320.